The molecule has 3 rings (SSSR count). The van der Waals surface area contributed by atoms with E-state index >= 15 is 0 Å². The molecular formula is C16H13NO6. The molecule has 2 aromatic rings. The maximum atomic E-state index is 11.9. The van der Waals surface area contributed by atoms with Crippen molar-refractivity contribution in [1.82, 2.24) is 0 Å². The number of carbonyl (C=O) groups excluding carboxylic acids is 1. The third-order valence-corrected chi connectivity index (χ3v) is 3.27. The van der Waals surface area contributed by atoms with E-state index < -0.39 is 17.0 Å². The first-order valence-corrected chi connectivity index (χ1v) is 6.94. The highest BCUT2D eigenvalue weighted by Crippen LogP contribution is 2.39. The van der Waals surface area contributed by atoms with Crippen LogP contribution >= 0.6 is 0 Å². The fraction of sp³-hybridized carbons (Fsp3) is 0.188. The molecule has 7 heteroatoms. The second kappa shape index (κ2) is 6.35. The SMILES string of the molecule is O=C(OCC1COc2c(cccc2[N+](=O)[O-])O1)c1ccccc1. The Morgan fingerprint density at radius 3 is 2.74 bits per heavy atom. The predicted molar refractivity (Wildman–Crippen MR) is 79.7 cm³/mol. The maximum absolute atomic E-state index is 11.9. The molecule has 0 aliphatic carbocycles. The van der Waals surface area contributed by atoms with Crippen LogP contribution in [0.3, 0.4) is 0 Å². The molecule has 0 saturated heterocycles. The molecule has 0 aromatic heterocycles. The lowest BCUT2D eigenvalue weighted by Gasteiger charge is -2.25. The predicted octanol–water partition coefficient (Wildman–Crippen LogP) is 2.59. The average molecular weight is 315 g/mol. The summed E-state index contributed by atoms with van der Waals surface area (Å²) in [7, 11) is 0. The van der Waals surface area contributed by atoms with Gasteiger partial charge in [-0.25, -0.2) is 4.79 Å². The van der Waals surface area contributed by atoms with Crippen LogP contribution in [0, 0.1) is 10.1 Å². The van der Waals surface area contributed by atoms with E-state index in [-0.39, 0.29) is 30.4 Å². The second-order valence-electron chi connectivity index (χ2n) is 4.88. The van der Waals surface area contributed by atoms with Crippen molar-refractivity contribution in [3.8, 4) is 11.5 Å². The molecule has 1 atom stereocenters. The fourth-order valence-electron chi connectivity index (χ4n) is 2.18. The van der Waals surface area contributed by atoms with Gasteiger partial charge in [0.1, 0.15) is 13.2 Å². The van der Waals surface area contributed by atoms with Gasteiger partial charge in [0.2, 0.25) is 5.75 Å². The van der Waals surface area contributed by atoms with Gasteiger partial charge < -0.3 is 14.2 Å². The summed E-state index contributed by atoms with van der Waals surface area (Å²) in [6.45, 7) is 0.0653. The minimum Gasteiger partial charge on any atom is -0.480 e. The van der Waals surface area contributed by atoms with Crippen molar-refractivity contribution >= 4 is 11.7 Å². The third-order valence-electron chi connectivity index (χ3n) is 3.27. The van der Waals surface area contributed by atoms with E-state index in [1.807, 2.05) is 0 Å². The van der Waals surface area contributed by atoms with Crippen LogP contribution in [0.5, 0.6) is 11.5 Å². The first-order chi connectivity index (χ1) is 11.1. The summed E-state index contributed by atoms with van der Waals surface area (Å²) < 4.78 is 16.2. The van der Waals surface area contributed by atoms with Gasteiger partial charge in [0.05, 0.1) is 10.5 Å². The van der Waals surface area contributed by atoms with Crippen molar-refractivity contribution in [1.29, 1.82) is 0 Å². The quantitative estimate of drug-likeness (QED) is 0.489. The topological polar surface area (TPSA) is 87.9 Å². The minimum atomic E-state index is -0.530. The van der Waals surface area contributed by atoms with Crippen LogP contribution in [0.25, 0.3) is 0 Å². The summed E-state index contributed by atoms with van der Waals surface area (Å²) in [4.78, 5) is 22.3. The fourth-order valence-corrected chi connectivity index (χ4v) is 2.18. The molecule has 1 aliphatic rings. The second-order valence-corrected chi connectivity index (χ2v) is 4.88. The first kappa shape index (κ1) is 14.8. The number of hydrogen-bond acceptors (Lipinski definition) is 6. The number of benzene rings is 2. The van der Waals surface area contributed by atoms with E-state index in [0.717, 1.165) is 0 Å². The summed E-state index contributed by atoms with van der Waals surface area (Å²) in [5.74, 6) is -0.0895. The Morgan fingerprint density at radius 2 is 2.00 bits per heavy atom. The summed E-state index contributed by atoms with van der Waals surface area (Å²) in [5, 5.41) is 10.9. The summed E-state index contributed by atoms with van der Waals surface area (Å²) in [6, 6.07) is 13.0. The number of nitrogens with zero attached hydrogens (tertiary/aromatic N) is 1. The molecule has 0 bridgehead atoms. The summed E-state index contributed by atoms with van der Waals surface area (Å²) in [6.07, 6.45) is -0.517. The van der Waals surface area contributed by atoms with Crippen molar-refractivity contribution in [2.75, 3.05) is 13.2 Å². The van der Waals surface area contributed by atoms with Crippen LogP contribution in [0.1, 0.15) is 10.4 Å². The molecule has 0 spiro atoms. The lowest BCUT2D eigenvalue weighted by atomic mass is 10.2. The molecule has 1 heterocycles. The van der Waals surface area contributed by atoms with E-state index in [9.17, 15) is 14.9 Å². The number of para-hydroxylation sites is 1. The Balaban J connectivity index is 1.63. The van der Waals surface area contributed by atoms with Gasteiger partial charge in [-0.3, -0.25) is 10.1 Å². The van der Waals surface area contributed by atoms with Crippen LogP contribution in [0.2, 0.25) is 0 Å². The normalized spacial score (nSPS) is 15.7. The largest absolute Gasteiger partial charge is 0.480 e. The van der Waals surface area contributed by atoms with Gasteiger partial charge >= 0.3 is 11.7 Å². The standard InChI is InChI=1S/C16H13NO6/c18-16(11-5-2-1-3-6-11)22-10-12-9-21-15-13(17(19)20)7-4-8-14(15)23-12/h1-8,12H,9-10H2. The zero-order chi connectivity index (χ0) is 16.2. The number of ether oxygens (including phenoxy) is 3. The van der Waals surface area contributed by atoms with E-state index in [0.29, 0.717) is 5.56 Å². The smallest absolute Gasteiger partial charge is 0.338 e. The van der Waals surface area contributed by atoms with Crippen LogP contribution in [-0.4, -0.2) is 30.2 Å². The first-order valence-electron chi connectivity index (χ1n) is 6.94. The molecule has 7 nitrogen and oxygen atoms in total. The van der Waals surface area contributed by atoms with Crippen molar-refractivity contribution < 1.29 is 23.9 Å². The lowest BCUT2D eigenvalue weighted by molar-refractivity contribution is -0.386. The highest BCUT2D eigenvalue weighted by Gasteiger charge is 2.28. The molecule has 1 aliphatic heterocycles. The molecule has 0 fully saturated rings. The van der Waals surface area contributed by atoms with Gasteiger partial charge in [-0.1, -0.05) is 24.3 Å². The number of nitro groups is 1. The third kappa shape index (κ3) is 3.23. The van der Waals surface area contributed by atoms with Gasteiger partial charge in [0, 0.05) is 6.07 Å². The Kier molecular flexibility index (Phi) is 4.09. The van der Waals surface area contributed by atoms with Crippen molar-refractivity contribution in [3.63, 3.8) is 0 Å². The summed E-state index contributed by atoms with van der Waals surface area (Å²) >= 11 is 0. The van der Waals surface area contributed by atoms with Gasteiger partial charge in [-0.2, -0.15) is 0 Å². The molecule has 1 unspecified atom stereocenters. The number of hydrogen-bond donors (Lipinski definition) is 0. The molecule has 0 amide bonds. The number of carbonyl (C=O) groups is 1. The van der Waals surface area contributed by atoms with Crippen LogP contribution in [0.4, 0.5) is 5.69 Å². The van der Waals surface area contributed by atoms with Crippen molar-refractivity contribution in [3.05, 3.63) is 64.2 Å². The Hall–Kier alpha value is -3.09. The number of esters is 1. The Labute approximate surface area is 131 Å². The van der Waals surface area contributed by atoms with Gasteiger partial charge in [0.25, 0.3) is 0 Å². The molecule has 118 valence electrons. The Bertz CT molecular complexity index is 731. The molecular weight excluding hydrogens is 302 g/mol. The number of nitro benzene ring substituents is 1. The molecule has 0 saturated carbocycles. The Morgan fingerprint density at radius 1 is 1.22 bits per heavy atom. The van der Waals surface area contributed by atoms with Crippen LogP contribution in [-0.2, 0) is 4.74 Å². The van der Waals surface area contributed by atoms with Gasteiger partial charge in [0.15, 0.2) is 11.9 Å². The van der Waals surface area contributed by atoms with E-state index in [2.05, 4.69) is 0 Å². The van der Waals surface area contributed by atoms with Crippen LogP contribution in [0.15, 0.2) is 48.5 Å². The van der Waals surface area contributed by atoms with E-state index in [4.69, 9.17) is 14.2 Å². The zero-order valence-corrected chi connectivity index (χ0v) is 12.0. The lowest BCUT2D eigenvalue weighted by Crippen LogP contribution is -2.34. The summed E-state index contributed by atoms with van der Waals surface area (Å²) in [5.41, 5.74) is 0.294. The number of fused-ring (bicyclic) bond motifs is 1. The van der Waals surface area contributed by atoms with E-state index in [1.165, 1.54) is 12.1 Å². The highest BCUT2D eigenvalue weighted by atomic mass is 16.6. The average Bonchev–Trinajstić information content (AvgIpc) is 2.59. The zero-order valence-electron chi connectivity index (χ0n) is 12.0. The highest BCUT2D eigenvalue weighted by molar-refractivity contribution is 5.89. The van der Waals surface area contributed by atoms with Gasteiger partial charge in [-0.15, -0.1) is 0 Å². The monoisotopic (exact) mass is 315 g/mol. The molecule has 2 aromatic carbocycles. The minimum absolute atomic E-state index is 0.00411. The maximum Gasteiger partial charge on any atom is 0.338 e. The number of rotatable bonds is 4. The molecule has 0 radical (unpaired) electrons. The van der Waals surface area contributed by atoms with E-state index in [1.54, 1.807) is 36.4 Å². The molecule has 0 N–H and O–H groups in total. The van der Waals surface area contributed by atoms with Gasteiger partial charge in [-0.05, 0) is 18.2 Å². The van der Waals surface area contributed by atoms with Crippen molar-refractivity contribution in [2.24, 2.45) is 0 Å². The van der Waals surface area contributed by atoms with Crippen molar-refractivity contribution in [2.45, 2.75) is 6.10 Å². The molecule has 23 heavy (non-hydrogen) atoms. The van der Waals surface area contributed by atoms with Crippen LogP contribution < -0.4 is 9.47 Å².